The molecule has 1 aromatic rings. The summed E-state index contributed by atoms with van der Waals surface area (Å²) in [5.74, 6) is 1.48. The van der Waals surface area contributed by atoms with Crippen LogP contribution in [0.25, 0.3) is 6.08 Å². The van der Waals surface area contributed by atoms with Crippen molar-refractivity contribution in [3.63, 3.8) is 0 Å². The number of aromatic nitrogens is 2. The molecule has 1 aliphatic carbocycles. The molecule has 1 aromatic heterocycles. The molecule has 2 heteroatoms. The molecule has 0 aromatic carbocycles. The Balaban J connectivity index is 2.47. The Kier molecular flexibility index (Phi) is 1.68. The molecular formula is C10H12N2. The van der Waals surface area contributed by atoms with E-state index in [0.717, 1.165) is 17.9 Å². The van der Waals surface area contributed by atoms with Crippen molar-refractivity contribution in [1.29, 1.82) is 0 Å². The first-order chi connectivity index (χ1) is 5.75. The molecule has 0 saturated carbocycles. The van der Waals surface area contributed by atoms with Gasteiger partial charge in [-0.05, 0) is 30.9 Å². The summed E-state index contributed by atoms with van der Waals surface area (Å²) in [6, 6.07) is 0. The second kappa shape index (κ2) is 2.70. The van der Waals surface area contributed by atoms with Crippen LogP contribution >= 0.6 is 0 Å². The lowest BCUT2D eigenvalue weighted by molar-refractivity contribution is 0.706. The summed E-state index contributed by atoms with van der Waals surface area (Å²) in [5, 5.41) is 0. The molecule has 0 fully saturated rings. The molecule has 1 heterocycles. The van der Waals surface area contributed by atoms with Crippen LogP contribution in [0, 0.1) is 12.8 Å². The lowest BCUT2D eigenvalue weighted by Crippen LogP contribution is -2.06. The van der Waals surface area contributed by atoms with Gasteiger partial charge in [-0.25, -0.2) is 9.97 Å². The summed E-state index contributed by atoms with van der Waals surface area (Å²) < 4.78 is 0. The smallest absolute Gasteiger partial charge is 0.125 e. The molecule has 0 saturated heterocycles. The fourth-order valence-corrected chi connectivity index (χ4v) is 1.48. The van der Waals surface area contributed by atoms with Crippen molar-refractivity contribution in [3.05, 3.63) is 29.4 Å². The van der Waals surface area contributed by atoms with Gasteiger partial charge in [-0.1, -0.05) is 13.0 Å². The normalized spacial score (nSPS) is 20.7. The Morgan fingerprint density at radius 2 is 2.33 bits per heavy atom. The van der Waals surface area contributed by atoms with Crippen molar-refractivity contribution in [3.8, 4) is 0 Å². The monoisotopic (exact) mass is 160 g/mol. The van der Waals surface area contributed by atoms with Gasteiger partial charge < -0.3 is 0 Å². The summed E-state index contributed by atoms with van der Waals surface area (Å²) >= 11 is 0. The first kappa shape index (κ1) is 7.47. The van der Waals surface area contributed by atoms with E-state index in [0.29, 0.717) is 5.92 Å². The van der Waals surface area contributed by atoms with Gasteiger partial charge >= 0.3 is 0 Å². The molecule has 1 aliphatic rings. The van der Waals surface area contributed by atoms with Crippen LogP contribution in [0.2, 0.25) is 0 Å². The SMILES string of the molecule is Cc1ncc2c(n1)C=CC(C)C2. The molecule has 62 valence electrons. The number of allylic oxidation sites excluding steroid dienone is 1. The van der Waals surface area contributed by atoms with Crippen LogP contribution in [0.3, 0.4) is 0 Å². The summed E-state index contributed by atoms with van der Waals surface area (Å²) in [5.41, 5.74) is 2.37. The van der Waals surface area contributed by atoms with Crippen LogP contribution in [-0.2, 0) is 6.42 Å². The lowest BCUT2D eigenvalue weighted by Gasteiger charge is -2.13. The highest BCUT2D eigenvalue weighted by Crippen LogP contribution is 2.19. The topological polar surface area (TPSA) is 25.8 Å². The maximum Gasteiger partial charge on any atom is 0.125 e. The maximum atomic E-state index is 4.35. The number of rotatable bonds is 0. The first-order valence-corrected chi connectivity index (χ1v) is 4.26. The zero-order valence-electron chi connectivity index (χ0n) is 7.41. The van der Waals surface area contributed by atoms with Gasteiger partial charge in [0.1, 0.15) is 5.82 Å². The third kappa shape index (κ3) is 1.24. The molecule has 2 rings (SSSR count). The number of hydrogen-bond donors (Lipinski definition) is 0. The fourth-order valence-electron chi connectivity index (χ4n) is 1.48. The number of fused-ring (bicyclic) bond motifs is 1. The van der Waals surface area contributed by atoms with E-state index in [9.17, 15) is 0 Å². The Labute approximate surface area is 72.4 Å². The summed E-state index contributed by atoms with van der Waals surface area (Å²) in [6.45, 7) is 4.13. The van der Waals surface area contributed by atoms with Crippen LogP contribution < -0.4 is 0 Å². The average molecular weight is 160 g/mol. The highest BCUT2D eigenvalue weighted by atomic mass is 14.9. The zero-order chi connectivity index (χ0) is 8.55. The van der Waals surface area contributed by atoms with Crippen molar-refractivity contribution >= 4 is 6.08 Å². The van der Waals surface area contributed by atoms with Gasteiger partial charge in [-0.2, -0.15) is 0 Å². The molecule has 2 nitrogen and oxygen atoms in total. The van der Waals surface area contributed by atoms with Gasteiger partial charge in [0, 0.05) is 6.20 Å². The minimum absolute atomic E-state index is 0.629. The molecule has 0 N–H and O–H groups in total. The number of nitrogens with zero attached hydrogens (tertiary/aromatic N) is 2. The van der Waals surface area contributed by atoms with Gasteiger partial charge in [-0.15, -0.1) is 0 Å². The molecule has 1 atom stereocenters. The van der Waals surface area contributed by atoms with Crippen molar-refractivity contribution < 1.29 is 0 Å². The van der Waals surface area contributed by atoms with E-state index >= 15 is 0 Å². The van der Waals surface area contributed by atoms with Crippen molar-refractivity contribution in [2.45, 2.75) is 20.3 Å². The van der Waals surface area contributed by atoms with Crippen LogP contribution in [0.4, 0.5) is 0 Å². The standard InChI is InChI=1S/C10H12N2/c1-7-3-4-10-9(5-7)6-11-8(2)12-10/h3-4,6-7H,5H2,1-2H3. The lowest BCUT2D eigenvalue weighted by atomic mass is 9.95. The molecule has 0 spiro atoms. The minimum atomic E-state index is 0.629. The Morgan fingerprint density at radius 1 is 1.50 bits per heavy atom. The van der Waals surface area contributed by atoms with E-state index in [1.807, 2.05) is 13.1 Å². The van der Waals surface area contributed by atoms with Crippen LogP contribution in [-0.4, -0.2) is 9.97 Å². The van der Waals surface area contributed by atoms with Crippen LogP contribution in [0.5, 0.6) is 0 Å². The summed E-state index contributed by atoms with van der Waals surface area (Å²) in [4.78, 5) is 8.53. The van der Waals surface area contributed by atoms with Crippen molar-refractivity contribution in [2.24, 2.45) is 5.92 Å². The van der Waals surface area contributed by atoms with Gasteiger partial charge in [0.2, 0.25) is 0 Å². The summed E-state index contributed by atoms with van der Waals surface area (Å²) in [7, 11) is 0. The minimum Gasteiger partial charge on any atom is -0.241 e. The van der Waals surface area contributed by atoms with E-state index in [1.165, 1.54) is 5.56 Å². The first-order valence-electron chi connectivity index (χ1n) is 4.26. The van der Waals surface area contributed by atoms with Crippen LogP contribution in [0.15, 0.2) is 12.3 Å². The van der Waals surface area contributed by atoms with Crippen molar-refractivity contribution in [1.82, 2.24) is 9.97 Å². The molecule has 0 radical (unpaired) electrons. The Bertz CT molecular complexity index is 329. The molecular weight excluding hydrogens is 148 g/mol. The third-order valence-electron chi connectivity index (χ3n) is 2.14. The second-order valence-corrected chi connectivity index (χ2v) is 3.37. The Hall–Kier alpha value is -1.18. The van der Waals surface area contributed by atoms with E-state index < -0.39 is 0 Å². The number of aryl methyl sites for hydroxylation is 1. The Morgan fingerprint density at radius 3 is 3.17 bits per heavy atom. The fraction of sp³-hybridized carbons (Fsp3) is 0.400. The van der Waals surface area contributed by atoms with Crippen LogP contribution in [0.1, 0.15) is 24.0 Å². The van der Waals surface area contributed by atoms with Gasteiger partial charge in [0.25, 0.3) is 0 Å². The molecule has 0 amide bonds. The van der Waals surface area contributed by atoms with Gasteiger partial charge in [0.05, 0.1) is 5.69 Å². The zero-order valence-corrected chi connectivity index (χ0v) is 7.41. The van der Waals surface area contributed by atoms with Gasteiger partial charge in [-0.3, -0.25) is 0 Å². The predicted octanol–water partition coefficient (Wildman–Crippen LogP) is 1.99. The maximum absolute atomic E-state index is 4.35. The predicted molar refractivity (Wildman–Crippen MR) is 48.7 cm³/mol. The molecule has 0 aliphatic heterocycles. The molecule has 0 bridgehead atoms. The number of hydrogen-bond acceptors (Lipinski definition) is 2. The largest absolute Gasteiger partial charge is 0.241 e. The average Bonchev–Trinajstić information content (AvgIpc) is 2.05. The quantitative estimate of drug-likeness (QED) is 0.580. The highest BCUT2D eigenvalue weighted by molar-refractivity contribution is 5.51. The van der Waals surface area contributed by atoms with E-state index in [4.69, 9.17) is 0 Å². The van der Waals surface area contributed by atoms with E-state index in [2.05, 4.69) is 29.0 Å². The molecule has 12 heavy (non-hydrogen) atoms. The van der Waals surface area contributed by atoms with Gasteiger partial charge in [0.15, 0.2) is 0 Å². The highest BCUT2D eigenvalue weighted by Gasteiger charge is 2.10. The molecule has 1 unspecified atom stereocenters. The van der Waals surface area contributed by atoms with E-state index in [1.54, 1.807) is 0 Å². The second-order valence-electron chi connectivity index (χ2n) is 3.37. The van der Waals surface area contributed by atoms with E-state index in [-0.39, 0.29) is 0 Å². The van der Waals surface area contributed by atoms with Crippen molar-refractivity contribution in [2.75, 3.05) is 0 Å². The summed E-state index contributed by atoms with van der Waals surface area (Å²) in [6.07, 6.45) is 7.32. The third-order valence-corrected chi connectivity index (χ3v) is 2.14.